The maximum Gasteiger partial charge on any atom is 0.150 e. The van der Waals surface area contributed by atoms with Crippen LogP contribution in [0, 0.1) is 5.82 Å². The van der Waals surface area contributed by atoms with Gasteiger partial charge in [0.2, 0.25) is 0 Å². The van der Waals surface area contributed by atoms with Gasteiger partial charge in [-0.2, -0.15) is 0 Å². The van der Waals surface area contributed by atoms with Crippen molar-refractivity contribution < 1.29 is 9.13 Å². The molecule has 2 aromatic rings. The molecule has 0 aliphatic heterocycles. The van der Waals surface area contributed by atoms with Crippen LogP contribution in [0.5, 0.6) is 11.5 Å². The van der Waals surface area contributed by atoms with Crippen molar-refractivity contribution in [1.82, 2.24) is 10.3 Å². The molecule has 0 unspecified atom stereocenters. The lowest BCUT2D eigenvalue weighted by molar-refractivity contribution is 0.464. The zero-order chi connectivity index (χ0) is 13.9. The third kappa shape index (κ3) is 3.35. The van der Waals surface area contributed by atoms with E-state index in [2.05, 4.69) is 26.2 Å². The van der Waals surface area contributed by atoms with E-state index in [4.69, 9.17) is 4.74 Å². The van der Waals surface area contributed by atoms with Crippen LogP contribution in [0.2, 0.25) is 0 Å². The van der Waals surface area contributed by atoms with Crippen molar-refractivity contribution in [3.63, 3.8) is 0 Å². The summed E-state index contributed by atoms with van der Waals surface area (Å²) in [5.41, 5.74) is 1.02. The molecule has 0 radical (unpaired) electrons. The highest BCUT2D eigenvalue weighted by Gasteiger charge is 2.20. The van der Waals surface area contributed by atoms with Crippen LogP contribution in [0.1, 0.15) is 18.4 Å². The maximum atomic E-state index is 13.5. The molecule has 5 heteroatoms. The normalized spacial score (nSPS) is 14.3. The second kappa shape index (κ2) is 5.89. The molecule has 104 valence electrons. The number of hydrogen-bond donors (Lipinski definition) is 1. The number of ether oxygens (including phenoxy) is 1. The molecule has 1 N–H and O–H groups in total. The molecule has 1 fully saturated rings. The van der Waals surface area contributed by atoms with E-state index in [1.165, 1.54) is 18.9 Å². The van der Waals surface area contributed by atoms with Gasteiger partial charge in [0, 0.05) is 30.4 Å². The van der Waals surface area contributed by atoms with Crippen molar-refractivity contribution in [2.75, 3.05) is 0 Å². The van der Waals surface area contributed by atoms with Gasteiger partial charge in [-0.3, -0.25) is 4.98 Å². The number of halogens is 2. The van der Waals surface area contributed by atoms with Gasteiger partial charge in [-0.25, -0.2) is 4.39 Å². The molecule has 1 aromatic carbocycles. The van der Waals surface area contributed by atoms with Crippen molar-refractivity contribution in [1.29, 1.82) is 0 Å². The van der Waals surface area contributed by atoms with Crippen molar-refractivity contribution in [2.24, 2.45) is 0 Å². The Morgan fingerprint density at radius 1 is 1.35 bits per heavy atom. The quantitative estimate of drug-likeness (QED) is 0.895. The first kappa shape index (κ1) is 13.5. The molecule has 1 aromatic heterocycles. The molecule has 1 heterocycles. The number of aromatic nitrogens is 1. The molecule has 3 nitrogen and oxygen atoms in total. The van der Waals surface area contributed by atoms with E-state index < -0.39 is 0 Å². The first-order chi connectivity index (χ1) is 9.72. The van der Waals surface area contributed by atoms with Gasteiger partial charge in [0.1, 0.15) is 17.3 Å². The predicted octanol–water partition coefficient (Wildman–Crippen LogP) is 4.03. The first-order valence-electron chi connectivity index (χ1n) is 6.51. The fraction of sp³-hybridized carbons (Fsp3) is 0.267. The minimum absolute atomic E-state index is 0.343. The van der Waals surface area contributed by atoms with Crippen molar-refractivity contribution in [3.8, 4) is 11.5 Å². The Kier molecular flexibility index (Phi) is 3.98. The summed E-state index contributed by atoms with van der Waals surface area (Å²) < 4.78 is 19.6. The van der Waals surface area contributed by atoms with Gasteiger partial charge < -0.3 is 10.1 Å². The van der Waals surface area contributed by atoms with Crippen molar-refractivity contribution in [2.45, 2.75) is 25.4 Å². The van der Waals surface area contributed by atoms with Gasteiger partial charge in [0.15, 0.2) is 0 Å². The third-order valence-electron chi connectivity index (χ3n) is 3.15. The summed E-state index contributed by atoms with van der Waals surface area (Å²) >= 11 is 3.12. The predicted molar refractivity (Wildman–Crippen MR) is 78.3 cm³/mol. The Bertz CT molecular complexity index is 617. The lowest BCUT2D eigenvalue weighted by Crippen LogP contribution is -2.15. The minimum Gasteiger partial charge on any atom is -0.455 e. The van der Waals surface area contributed by atoms with Crippen LogP contribution >= 0.6 is 15.9 Å². The molecular formula is C15H14BrFN2O. The highest BCUT2D eigenvalue weighted by Crippen LogP contribution is 2.28. The molecule has 3 rings (SSSR count). The summed E-state index contributed by atoms with van der Waals surface area (Å²) in [5, 5.41) is 3.43. The van der Waals surface area contributed by atoms with Crippen LogP contribution in [0.4, 0.5) is 4.39 Å². The summed E-state index contributed by atoms with van der Waals surface area (Å²) in [7, 11) is 0. The lowest BCUT2D eigenvalue weighted by Gasteiger charge is -2.11. The van der Waals surface area contributed by atoms with Crippen LogP contribution in [0.3, 0.4) is 0 Å². The Labute approximate surface area is 125 Å². The van der Waals surface area contributed by atoms with E-state index in [-0.39, 0.29) is 5.82 Å². The van der Waals surface area contributed by atoms with Crippen LogP contribution in [0.15, 0.2) is 41.1 Å². The molecular weight excluding hydrogens is 323 g/mol. The fourth-order valence-corrected chi connectivity index (χ4v) is 2.10. The topological polar surface area (TPSA) is 34.1 Å². The van der Waals surface area contributed by atoms with E-state index in [1.54, 1.807) is 24.5 Å². The van der Waals surface area contributed by atoms with Crippen molar-refractivity contribution in [3.05, 3.63) is 52.5 Å². The van der Waals surface area contributed by atoms with E-state index >= 15 is 0 Å². The molecule has 0 spiro atoms. The zero-order valence-corrected chi connectivity index (χ0v) is 12.4. The molecule has 0 atom stereocenters. The molecule has 0 saturated heterocycles. The smallest absolute Gasteiger partial charge is 0.150 e. The summed E-state index contributed by atoms with van der Waals surface area (Å²) in [4.78, 5) is 4.07. The summed E-state index contributed by atoms with van der Waals surface area (Å²) in [5.74, 6) is 0.776. The van der Waals surface area contributed by atoms with E-state index in [0.29, 0.717) is 22.0 Å². The Morgan fingerprint density at radius 2 is 2.20 bits per heavy atom. The molecule has 1 aliphatic rings. The molecule has 0 amide bonds. The second-order valence-corrected chi connectivity index (χ2v) is 5.67. The van der Waals surface area contributed by atoms with Gasteiger partial charge in [-0.15, -0.1) is 0 Å². The van der Waals surface area contributed by atoms with E-state index in [9.17, 15) is 4.39 Å². The number of rotatable bonds is 5. The minimum atomic E-state index is -0.343. The molecule has 1 aliphatic carbocycles. The van der Waals surface area contributed by atoms with Gasteiger partial charge in [-0.05, 0) is 47.0 Å². The monoisotopic (exact) mass is 336 g/mol. The summed E-state index contributed by atoms with van der Waals surface area (Å²) in [6.45, 7) is 0.738. The van der Waals surface area contributed by atoms with Crippen LogP contribution < -0.4 is 10.1 Å². The number of hydrogen-bond acceptors (Lipinski definition) is 3. The Hall–Kier alpha value is -1.46. The summed E-state index contributed by atoms with van der Waals surface area (Å²) in [6, 6.07) is 7.25. The number of nitrogens with one attached hydrogen (secondary N) is 1. The van der Waals surface area contributed by atoms with E-state index in [1.807, 2.05) is 6.07 Å². The lowest BCUT2D eigenvalue weighted by atomic mass is 10.2. The largest absolute Gasteiger partial charge is 0.455 e. The average Bonchev–Trinajstić information content (AvgIpc) is 3.26. The second-order valence-electron chi connectivity index (χ2n) is 4.82. The number of benzene rings is 1. The highest BCUT2D eigenvalue weighted by molar-refractivity contribution is 9.10. The number of pyridine rings is 1. The SMILES string of the molecule is Fc1cc(Oc2cnccc2CNC2CC2)ccc1Br. The van der Waals surface area contributed by atoms with Gasteiger partial charge in [0.25, 0.3) is 0 Å². The maximum absolute atomic E-state index is 13.5. The zero-order valence-electron chi connectivity index (χ0n) is 10.8. The van der Waals surface area contributed by atoms with Crippen LogP contribution in [-0.2, 0) is 6.54 Å². The highest BCUT2D eigenvalue weighted by atomic mass is 79.9. The standard InChI is InChI=1S/C15H14BrFN2O/c16-13-4-3-12(7-14(13)17)20-15-9-18-6-5-10(15)8-19-11-1-2-11/h3-7,9,11,19H,1-2,8H2. The summed E-state index contributed by atoms with van der Waals surface area (Å²) in [6.07, 6.45) is 5.86. The Balaban J connectivity index is 1.76. The average molecular weight is 337 g/mol. The van der Waals surface area contributed by atoms with E-state index in [0.717, 1.165) is 12.1 Å². The molecule has 0 bridgehead atoms. The molecule has 20 heavy (non-hydrogen) atoms. The first-order valence-corrected chi connectivity index (χ1v) is 7.31. The van der Waals surface area contributed by atoms with Gasteiger partial charge in [-0.1, -0.05) is 0 Å². The Morgan fingerprint density at radius 3 is 2.95 bits per heavy atom. The van der Waals surface area contributed by atoms with Gasteiger partial charge >= 0.3 is 0 Å². The molecule has 1 saturated carbocycles. The number of nitrogens with zero attached hydrogens (tertiary/aromatic N) is 1. The van der Waals surface area contributed by atoms with Crippen molar-refractivity contribution >= 4 is 15.9 Å². The van der Waals surface area contributed by atoms with Gasteiger partial charge in [0.05, 0.1) is 10.7 Å². The fourth-order valence-electron chi connectivity index (χ4n) is 1.86. The van der Waals surface area contributed by atoms with Crippen LogP contribution in [-0.4, -0.2) is 11.0 Å². The van der Waals surface area contributed by atoms with Crippen LogP contribution in [0.25, 0.3) is 0 Å². The third-order valence-corrected chi connectivity index (χ3v) is 3.79.